The van der Waals surface area contributed by atoms with Crippen molar-refractivity contribution in [3.63, 3.8) is 0 Å². The lowest BCUT2D eigenvalue weighted by Crippen LogP contribution is -2.32. The van der Waals surface area contributed by atoms with Gasteiger partial charge in [-0.15, -0.1) is 11.3 Å². The maximum atomic E-state index is 11.9. The predicted octanol–water partition coefficient (Wildman–Crippen LogP) is 0.803. The van der Waals surface area contributed by atoms with Crippen LogP contribution in [0.3, 0.4) is 0 Å². The molecule has 0 aliphatic carbocycles. The van der Waals surface area contributed by atoms with Gasteiger partial charge in [0.05, 0.1) is 31.4 Å². The number of nitrogens with zero attached hydrogens (tertiary/aromatic N) is 1. The first-order valence-corrected chi connectivity index (χ1v) is 10.0. The van der Waals surface area contributed by atoms with Crippen LogP contribution in [0.2, 0.25) is 0 Å². The topological polar surface area (TPSA) is 75.7 Å². The van der Waals surface area contributed by atoms with Crippen molar-refractivity contribution in [2.45, 2.75) is 31.6 Å². The van der Waals surface area contributed by atoms with Crippen LogP contribution in [0.5, 0.6) is 0 Å². The lowest BCUT2D eigenvalue weighted by molar-refractivity contribution is -0.123. The number of nitrogens with one attached hydrogen (secondary N) is 1. The summed E-state index contributed by atoms with van der Waals surface area (Å²) < 4.78 is 30.4. The molecule has 3 rings (SSSR count). The van der Waals surface area contributed by atoms with E-state index in [0.29, 0.717) is 26.1 Å². The summed E-state index contributed by atoms with van der Waals surface area (Å²) in [6.45, 7) is 1.48. The Kier molecular flexibility index (Phi) is 4.54. The van der Waals surface area contributed by atoms with E-state index < -0.39 is 10.0 Å². The van der Waals surface area contributed by atoms with Gasteiger partial charge in [-0.1, -0.05) is 6.07 Å². The quantitative estimate of drug-likeness (QED) is 0.857. The van der Waals surface area contributed by atoms with Gasteiger partial charge in [0.2, 0.25) is 15.9 Å². The molecule has 22 heavy (non-hydrogen) atoms. The molecule has 1 N–H and O–H groups in total. The predicted molar refractivity (Wildman–Crippen MR) is 84.0 cm³/mol. The highest BCUT2D eigenvalue weighted by molar-refractivity contribution is 7.88. The molecule has 2 aliphatic rings. The second-order valence-corrected chi connectivity index (χ2v) is 8.95. The van der Waals surface area contributed by atoms with Crippen LogP contribution in [-0.2, 0) is 26.1 Å². The van der Waals surface area contributed by atoms with Gasteiger partial charge in [-0.2, -0.15) is 4.31 Å². The zero-order valence-corrected chi connectivity index (χ0v) is 14.0. The highest BCUT2D eigenvalue weighted by Crippen LogP contribution is 2.35. The molecule has 2 fully saturated rings. The Bertz CT molecular complexity index is 615. The molecule has 0 radical (unpaired) electrons. The Hall–Kier alpha value is -0.960. The van der Waals surface area contributed by atoms with E-state index in [1.807, 2.05) is 17.5 Å². The van der Waals surface area contributed by atoms with E-state index in [9.17, 15) is 13.2 Å². The molecule has 0 bridgehead atoms. The largest absolute Gasteiger partial charge is 0.373 e. The first kappa shape index (κ1) is 15.9. The second-order valence-electron chi connectivity index (χ2n) is 5.93. The summed E-state index contributed by atoms with van der Waals surface area (Å²) in [4.78, 5) is 13.1. The summed E-state index contributed by atoms with van der Waals surface area (Å²) in [6, 6.07) is 3.95. The molecule has 0 aromatic carbocycles. The lowest BCUT2D eigenvalue weighted by atomic mass is 10.0. The van der Waals surface area contributed by atoms with Gasteiger partial charge in [-0.3, -0.25) is 4.79 Å². The minimum absolute atomic E-state index is 0.0154. The van der Waals surface area contributed by atoms with Crippen molar-refractivity contribution in [3.8, 4) is 0 Å². The Morgan fingerprint density at radius 1 is 1.50 bits per heavy atom. The van der Waals surface area contributed by atoms with E-state index in [1.54, 1.807) is 11.3 Å². The van der Waals surface area contributed by atoms with Gasteiger partial charge in [0.15, 0.2) is 0 Å². The first-order valence-electron chi connectivity index (χ1n) is 7.31. The summed E-state index contributed by atoms with van der Waals surface area (Å²) in [7, 11) is -3.14. The summed E-state index contributed by atoms with van der Waals surface area (Å²) in [5.41, 5.74) is 0. The third-order valence-corrected chi connectivity index (χ3v) is 6.31. The molecule has 2 saturated heterocycles. The molecular formula is C14H20N2O4S2. The fraction of sp³-hybridized carbons (Fsp3) is 0.643. The van der Waals surface area contributed by atoms with Crippen LogP contribution in [-0.4, -0.2) is 50.2 Å². The first-order chi connectivity index (χ1) is 10.4. The van der Waals surface area contributed by atoms with E-state index >= 15 is 0 Å². The van der Waals surface area contributed by atoms with Crippen LogP contribution in [0.15, 0.2) is 17.5 Å². The third-order valence-electron chi connectivity index (χ3n) is 4.20. The van der Waals surface area contributed by atoms with Crippen molar-refractivity contribution < 1.29 is 17.9 Å². The number of ether oxygens (including phenoxy) is 1. The number of fused-ring (bicyclic) bond motifs is 1. The van der Waals surface area contributed by atoms with Gasteiger partial charge in [0.1, 0.15) is 0 Å². The average Bonchev–Trinajstić information content (AvgIpc) is 3.10. The lowest BCUT2D eigenvalue weighted by Gasteiger charge is -2.17. The number of rotatable bonds is 5. The van der Waals surface area contributed by atoms with Crippen molar-refractivity contribution in [3.05, 3.63) is 22.4 Å². The second kappa shape index (κ2) is 6.27. The SMILES string of the molecule is CS(=O)(=O)N1C[C@@H]2C[C@H](CC(=O)NCc3cccs3)O[C@@H]2C1. The Morgan fingerprint density at radius 2 is 2.32 bits per heavy atom. The number of thiophene rings is 1. The van der Waals surface area contributed by atoms with Crippen molar-refractivity contribution >= 4 is 27.3 Å². The number of hydrogen-bond acceptors (Lipinski definition) is 5. The van der Waals surface area contributed by atoms with Crippen LogP contribution < -0.4 is 5.32 Å². The number of carbonyl (C=O) groups is 1. The molecule has 122 valence electrons. The zero-order valence-electron chi connectivity index (χ0n) is 12.4. The maximum Gasteiger partial charge on any atom is 0.222 e. The van der Waals surface area contributed by atoms with E-state index in [0.717, 1.165) is 11.3 Å². The van der Waals surface area contributed by atoms with Crippen LogP contribution in [0, 0.1) is 5.92 Å². The van der Waals surface area contributed by atoms with Crippen LogP contribution in [0.4, 0.5) is 0 Å². The summed E-state index contributed by atoms with van der Waals surface area (Å²) in [5.74, 6) is 0.197. The average molecular weight is 344 g/mol. The van der Waals surface area contributed by atoms with E-state index in [4.69, 9.17) is 4.74 Å². The minimum Gasteiger partial charge on any atom is -0.373 e. The zero-order chi connectivity index (χ0) is 15.7. The van der Waals surface area contributed by atoms with Gasteiger partial charge in [0.25, 0.3) is 0 Å². The monoisotopic (exact) mass is 344 g/mol. The molecule has 1 aromatic heterocycles. The van der Waals surface area contributed by atoms with E-state index in [-0.39, 0.29) is 24.0 Å². The Labute approximate surface area is 134 Å². The molecule has 1 aromatic rings. The molecule has 3 heterocycles. The number of amides is 1. The number of carbonyl (C=O) groups excluding carboxylic acids is 1. The molecule has 0 saturated carbocycles. The molecule has 6 nitrogen and oxygen atoms in total. The number of hydrogen-bond donors (Lipinski definition) is 1. The Balaban J connectivity index is 1.44. The van der Waals surface area contributed by atoms with Crippen molar-refractivity contribution in [2.75, 3.05) is 19.3 Å². The van der Waals surface area contributed by atoms with Crippen LogP contribution >= 0.6 is 11.3 Å². The molecule has 0 unspecified atom stereocenters. The third kappa shape index (κ3) is 3.68. The van der Waals surface area contributed by atoms with Gasteiger partial charge in [-0.25, -0.2) is 8.42 Å². The van der Waals surface area contributed by atoms with Gasteiger partial charge < -0.3 is 10.1 Å². The van der Waals surface area contributed by atoms with Crippen molar-refractivity contribution in [1.29, 1.82) is 0 Å². The maximum absolute atomic E-state index is 11.9. The Morgan fingerprint density at radius 3 is 2.95 bits per heavy atom. The molecule has 8 heteroatoms. The molecule has 1 amide bonds. The standard InChI is InChI=1S/C14H20N2O4S2/c1-22(18,19)16-8-10-5-11(20-13(10)9-16)6-14(17)15-7-12-3-2-4-21-12/h2-4,10-11,13H,5-9H2,1H3,(H,15,17)/t10-,11+,13+/m0/s1. The van der Waals surface area contributed by atoms with Gasteiger partial charge in [0, 0.05) is 23.9 Å². The van der Waals surface area contributed by atoms with Crippen LogP contribution in [0.1, 0.15) is 17.7 Å². The highest BCUT2D eigenvalue weighted by Gasteiger charge is 2.44. The van der Waals surface area contributed by atoms with Gasteiger partial charge in [-0.05, 0) is 17.9 Å². The fourth-order valence-electron chi connectivity index (χ4n) is 3.10. The van der Waals surface area contributed by atoms with E-state index in [2.05, 4.69) is 5.32 Å². The van der Waals surface area contributed by atoms with E-state index in [1.165, 1.54) is 10.6 Å². The smallest absolute Gasteiger partial charge is 0.222 e. The van der Waals surface area contributed by atoms with Gasteiger partial charge >= 0.3 is 0 Å². The number of sulfonamides is 1. The fourth-order valence-corrected chi connectivity index (χ4v) is 4.63. The summed E-state index contributed by atoms with van der Waals surface area (Å²) >= 11 is 1.62. The minimum atomic E-state index is -3.14. The summed E-state index contributed by atoms with van der Waals surface area (Å²) in [5, 5.41) is 4.88. The summed E-state index contributed by atoms with van der Waals surface area (Å²) in [6.07, 6.45) is 2.16. The molecule has 2 aliphatic heterocycles. The highest BCUT2D eigenvalue weighted by atomic mass is 32.2. The molecule has 0 spiro atoms. The van der Waals surface area contributed by atoms with Crippen molar-refractivity contribution in [1.82, 2.24) is 9.62 Å². The van der Waals surface area contributed by atoms with Crippen molar-refractivity contribution in [2.24, 2.45) is 5.92 Å². The van der Waals surface area contributed by atoms with Crippen LogP contribution in [0.25, 0.3) is 0 Å². The normalized spacial score (nSPS) is 28.7. The molecular weight excluding hydrogens is 324 g/mol. The molecule has 3 atom stereocenters.